The molecule has 0 radical (unpaired) electrons. The molecular weight excluding hydrogens is 182 g/mol. The highest BCUT2D eigenvalue weighted by atomic mass is 16.4. The minimum absolute atomic E-state index is 0.114. The van der Waals surface area contributed by atoms with Crippen LogP contribution in [0.4, 0.5) is 5.69 Å². The van der Waals surface area contributed by atoms with Crippen molar-refractivity contribution < 1.29 is 9.90 Å². The number of aromatic carboxylic acids is 1. The average Bonchev–Trinajstić information content (AvgIpc) is 2.16. The molecule has 1 aromatic carbocycles. The van der Waals surface area contributed by atoms with E-state index in [-0.39, 0.29) is 12.1 Å². The van der Waals surface area contributed by atoms with Gasteiger partial charge in [-0.2, -0.15) is 0 Å². The number of carboxylic acid groups (broad SMARTS) is 1. The van der Waals surface area contributed by atoms with Crippen LogP contribution in [0.2, 0.25) is 0 Å². The zero-order valence-electron chi connectivity index (χ0n) is 7.60. The third kappa shape index (κ3) is 2.01. The maximum absolute atomic E-state index is 10.8. The minimum atomic E-state index is -1.05. The number of carboxylic acids is 1. The molecule has 7 N–H and O–H groups in total. The summed E-state index contributed by atoms with van der Waals surface area (Å²) < 4.78 is 0. The number of nitrogens with two attached hydrogens (primary N) is 3. The molecule has 0 aliphatic heterocycles. The highest BCUT2D eigenvalue weighted by molar-refractivity contribution is 5.90. The highest BCUT2D eigenvalue weighted by Crippen LogP contribution is 2.18. The van der Waals surface area contributed by atoms with Crippen LogP contribution in [0.3, 0.4) is 0 Å². The number of hydrogen-bond donors (Lipinski definition) is 4. The van der Waals surface area contributed by atoms with Gasteiger partial charge in [-0.15, -0.1) is 0 Å². The summed E-state index contributed by atoms with van der Waals surface area (Å²) >= 11 is 0. The van der Waals surface area contributed by atoms with E-state index in [1.54, 1.807) is 12.1 Å². The molecule has 1 atom stereocenters. The van der Waals surface area contributed by atoms with Gasteiger partial charge in [0.2, 0.25) is 0 Å². The number of carbonyl (C=O) groups is 1. The highest BCUT2D eigenvalue weighted by Gasteiger charge is 2.14. The number of anilines is 1. The second-order valence-corrected chi connectivity index (χ2v) is 2.99. The van der Waals surface area contributed by atoms with E-state index in [4.69, 9.17) is 22.3 Å². The van der Waals surface area contributed by atoms with Crippen LogP contribution in [0.25, 0.3) is 0 Å². The van der Waals surface area contributed by atoms with Crippen LogP contribution in [-0.4, -0.2) is 17.6 Å². The molecule has 14 heavy (non-hydrogen) atoms. The van der Waals surface area contributed by atoms with Gasteiger partial charge in [0.15, 0.2) is 0 Å². The fourth-order valence-corrected chi connectivity index (χ4v) is 1.21. The lowest BCUT2D eigenvalue weighted by atomic mass is 10.0. The Morgan fingerprint density at radius 2 is 2.14 bits per heavy atom. The van der Waals surface area contributed by atoms with Gasteiger partial charge in [-0.1, -0.05) is 6.07 Å². The van der Waals surface area contributed by atoms with Crippen molar-refractivity contribution in [2.75, 3.05) is 12.3 Å². The maximum Gasteiger partial charge on any atom is 0.336 e. The van der Waals surface area contributed by atoms with Gasteiger partial charge in [0.1, 0.15) is 0 Å². The maximum atomic E-state index is 10.8. The van der Waals surface area contributed by atoms with E-state index in [1.807, 2.05) is 0 Å². The molecule has 76 valence electrons. The fraction of sp³-hybridized carbons (Fsp3) is 0.222. The van der Waals surface area contributed by atoms with Gasteiger partial charge >= 0.3 is 5.97 Å². The second kappa shape index (κ2) is 4.08. The van der Waals surface area contributed by atoms with E-state index < -0.39 is 12.0 Å². The van der Waals surface area contributed by atoms with Crippen LogP contribution in [0, 0.1) is 0 Å². The Balaban J connectivity index is 3.21. The molecule has 0 unspecified atom stereocenters. The van der Waals surface area contributed by atoms with Crippen LogP contribution >= 0.6 is 0 Å². The number of benzene rings is 1. The zero-order valence-corrected chi connectivity index (χ0v) is 7.60. The molecule has 0 saturated heterocycles. The average molecular weight is 195 g/mol. The van der Waals surface area contributed by atoms with Gasteiger partial charge in [0, 0.05) is 18.3 Å². The first-order chi connectivity index (χ1) is 6.56. The van der Waals surface area contributed by atoms with Gasteiger partial charge in [0.05, 0.1) is 5.56 Å². The topological polar surface area (TPSA) is 115 Å². The van der Waals surface area contributed by atoms with E-state index in [1.165, 1.54) is 6.07 Å². The summed E-state index contributed by atoms with van der Waals surface area (Å²) in [5, 5.41) is 8.88. The summed E-state index contributed by atoms with van der Waals surface area (Å²) in [5.41, 5.74) is 17.5. The first-order valence-corrected chi connectivity index (χ1v) is 4.14. The molecule has 0 aliphatic rings. The van der Waals surface area contributed by atoms with E-state index in [0.29, 0.717) is 11.3 Å². The summed E-state index contributed by atoms with van der Waals surface area (Å²) in [5.74, 6) is -1.05. The van der Waals surface area contributed by atoms with Crippen LogP contribution in [-0.2, 0) is 0 Å². The van der Waals surface area contributed by atoms with Crippen LogP contribution in [0.1, 0.15) is 22.0 Å². The lowest BCUT2D eigenvalue weighted by Gasteiger charge is -2.12. The molecule has 0 spiro atoms. The molecule has 0 aliphatic carbocycles. The Hall–Kier alpha value is -1.59. The second-order valence-electron chi connectivity index (χ2n) is 2.99. The SMILES string of the molecule is NC[C@@H](N)c1ccc(N)cc1C(=O)O. The summed E-state index contributed by atoms with van der Waals surface area (Å²) in [4.78, 5) is 10.8. The summed E-state index contributed by atoms with van der Waals surface area (Å²) in [6.45, 7) is 0.199. The van der Waals surface area contributed by atoms with Crippen LogP contribution in [0.5, 0.6) is 0 Å². The summed E-state index contributed by atoms with van der Waals surface area (Å²) in [6.07, 6.45) is 0. The number of nitrogen functional groups attached to an aromatic ring is 1. The molecule has 0 saturated carbocycles. The van der Waals surface area contributed by atoms with Crippen molar-refractivity contribution in [3.05, 3.63) is 29.3 Å². The number of hydrogen-bond acceptors (Lipinski definition) is 4. The van der Waals surface area contributed by atoms with Crippen molar-refractivity contribution in [3.63, 3.8) is 0 Å². The smallest absolute Gasteiger partial charge is 0.336 e. The predicted octanol–water partition coefficient (Wildman–Crippen LogP) is -0.0745. The van der Waals surface area contributed by atoms with Crippen molar-refractivity contribution >= 4 is 11.7 Å². The molecule has 5 nitrogen and oxygen atoms in total. The third-order valence-electron chi connectivity index (χ3n) is 1.96. The molecule has 0 bridgehead atoms. The Morgan fingerprint density at radius 1 is 1.50 bits per heavy atom. The molecule has 0 heterocycles. The fourth-order valence-electron chi connectivity index (χ4n) is 1.21. The van der Waals surface area contributed by atoms with Crippen molar-refractivity contribution in [1.82, 2.24) is 0 Å². The lowest BCUT2D eigenvalue weighted by molar-refractivity contribution is 0.0695. The van der Waals surface area contributed by atoms with Gasteiger partial charge in [-0.05, 0) is 17.7 Å². The monoisotopic (exact) mass is 195 g/mol. The van der Waals surface area contributed by atoms with E-state index >= 15 is 0 Å². The van der Waals surface area contributed by atoms with Gasteiger partial charge < -0.3 is 22.3 Å². The van der Waals surface area contributed by atoms with Gasteiger partial charge in [0.25, 0.3) is 0 Å². The normalized spacial score (nSPS) is 12.4. The van der Waals surface area contributed by atoms with Crippen LogP contribution < -0.4 is 17.2 Å². The minimum Gasteiger partial charge on any atom is -0.478 e. The lowest BCUT2D eigenvalue weighted by Crippen LogP contribution is -2.23. The molecule has 1 rings (SSSR count). The molecular formula is C9H13N3O2. The van der Waals surface area contributed by atoms with Gasteiger partial charge in [-0.25, -0.2) is 4.79 Å². The Morgan fingerprint density at radius 3 is 2.64 bits per heavy atom. The molecule has 1 aromatic rings. The molecule has 5 heteroatoms. The van der Waals surface area contributed by atoms with Crippen molar-refractivity contribution in [1.29, 1.82) is 0 Å². The third-order valence-corrected chi connectivity index (χ3v) is 1.96. The van der Waals surface area contributed by atoms with Crippen LogP contribution in [0.15, 0.2) is 18.2 Å². The first kappa shape index (κ1) is 10.5. The Bertz CT molecular complexity index is 352. The Kier molecular flexibility index (Phi) is 3.06. The predicted molar refractivity (Wildman–Crippen MR) is 53.8 cm³/mol. The van der Waals surface area contributed by atoms with Crippen molar-refractivity contribution in [3.8, 4) is 0 Å². The van der Waals surface area contributed by atoms with Gasteiger partial charge in [-0.3, -0.25) is 0 Å². The van der Waals surface area contributed by atoms with E-state index in [9.17, 15) is 4.79 Å². The van der Waals surface area contributed by atoms with Crippen molar-refractivity contribution in [2.24, 2.45) is 11.5 Å². The first-order valence-electron chi connectivity index (χ1n) is 4.14. The van der Waals surface area contributed by atoms with Crippen molar-refractivity contribution in [2.45, 2.75) is 6.04 Å². The van der Waals surface area contributed by atoms with E-state index in [0.717, 1.165) is 0 Å². The zero-order chi connectivity index (χ0) is 10.7. The summed E-state index contributed by atoms with van der Waals surface area (Å²) in [7, 11) is 0. The largest absolute Gasteiger partial charge is 0.478 e. The standard InChI is InChI=1S/C9H13N3O2/c10-4-8(12)6-2-1-5(11)3-7(6)9(13)14/h1-3,8H,4,10-12H2,(H,13,14)/t8-/m1/s1. The molecule has 0 amide bonds. The summed E-state index contributed by atoms with van der Waals surface area (Å²) in [6, 6.07) is 4.11. The van der Waals surface area contributed by atoms with E-state index in [2.05, 4.69) is 0 Å². The Labute approximate surface area is 81.5 Å². The molecule has 0 aromatic heterocycles. The quantitative estimate of drug-likeness (QED) is 0.504. The number of rotatable bonds is 3. The molecule has 0 fully saturated rings.